The van der Waals surface area contributed by atoms with Gasteiger partial charge in [0, 0.05) is 24.3 Å². The largest absolute Gasteiger partial charge is 0.399 e. The molecule has 0 saturated carbocycles. The molecule has 0 bridgehead atoms. The number of para-hydroxylation sites is 2. The number of hydrogen-bond acceptors (Lipinski definition) is 3. The average Bonchev–Trinajstić information content (AvgIpc) is 2.79. The predicted octanol–water partition coefficient (Wildman–Crippen LogP) is 2.24. The maximum Gasteiger partial charge on any atom is 0.141 e. The predicted molar refractivity (Wildman–Crippen MR) is 78.6 cm³/mol. The van der Waals surface area contributed by atoms with Gasteiger partial charge in [0.25, 0.3) is 0 Å². The van der Waals surface area contributed by atoms with Crippen LogP contribution in [0, 0.1) is 0 Å². The molecule has 4 N–H and O–H groups in total. The highest BCUT2D eigenvalue weighted by Gasteiger charge is 2.11. The van der Waals surface area contributed by atoms with Gasteiger partial charge in [0.2, 0.25) is 0 Å². The fourth-order valence-corrected chi connectivity index (χ4v) is 2.28. The topological polar surface area (TPSA) is 69.9 Å². The molecule has 0 unspecified atom stereocenters. The molecule has 0 amide bonds. The molecule has 19 heavy (non-hydrogen) atoms. The summed E-state index contributed by atoms with van der Waals surface area (Å²) in [7, 11) is 0. The van der Waals surface area contributed by atoms with Crippen molar-refractivity contribution >= 4 is 16.7 Å². The van der Waals surface area contributed by atoms with E-state index in [1.807, 2.05) is 42.5 Å². The molecule has 0 aliphatic rings. The van der Waals surface area contributed by atoms with Crippen LogP contribution in [0.3, 0.4) is 0 Å². The Bertz CT molecular complexity index is 698. The van der Waals surface area contributed by atoms with Gasteiger partial charge in [-0.1, -0.05) is 12.1 Å². The smallest absolute Gasteiger partial charge is 0.141 e. The lowest BCUT2D eigenvalue weighted by molar-refractivity contribution is 0.735. The number of nitrogen functional groups attached to an aromatic ring is 1. The minimum atomic E-state index is 0.586. The van der Waals surface area contributed by atoms with Crippen LogP contribution < -0.4 is 11.5 Å². The van der Waals surface area contributed by atoms with Crippen LogP contribution in [-0.2, 0) is 6.54 Å². The van der Waals surface area contributed by atoms with E-state index >= 15 is 0 Å². The average molecular weight is 252 g/mol. The molecule has 0 fully saturated rings. The second-order valence-corrected chi connectivity index (χ2v) is 4.49. The van der Waals surface area contributed by atoms with Crippen molar-refractivity contribution in [3.05, 3.63) is 48.5 Å². The molecular weight excluding hydrogens is 236 g/mol. The molecule has 3 aromatic rings. The summed E-state index contributed by atoms with van der Waals surface area (Å²) in [4.78, 5) is 4.70. The Hall–Kier alpha value is -2.33. The van der Waals surface area contributed by atoms with Gasteiger partial charge in [0.05, 0.1) is 11.0 Å². The summed E-state index contributed by atoms with van der Waals surface area (Å²) in [6.07, 6.45) is 0. The van der Waals surface area contributed by atoms with Gasteiger partial charge in [0.15, 0.2) is 0 Å². The normalized spacial score (nSPS) is 11.0. The third-order valence-corrected chi connectivity index (χ3v) is 3.18. The minimum absolute atomic E-state index is 0.586. The summed E-state index contributed by atoms with van der Waals surface area (Å²) in [6, 6.07) is 15.9. The van der Waals surface area contributed by atoms with E-state index in [-0.39, 0.29) is 0 Å². The van der Waals surface area contributed by atoms with Crippen molar-refractivity contribution in [2.24, 2.45) is 5.73 Å². The number of fused-ring (bicyclic) bond motifs is 1. The fraction of sp³-hybridized carbons (Fsp3) is 0.133. The lowest BCUT2D eigenvalue weighted by Gasteiger charge is -2.07. The summed E-state index contributed by atoms with van der Waals surface area (Å²) in [6.45, 7) is 1.34. The van der Waals surface area contributed by atoms with Gasteiger partial charge >= 0.3 is 0 Å². The van der Waals surface area contributed by atoms with E-state index in [0.29, 0.717) is 6.54 Å². The molecule has 0 radical (unpaired) electrons. The molecule has 4 heteroatoms. The summed E-state index contributed by atoms with van der Waals surface area (Å²) >= 11 is 0. The van der Waals surface area contributed by atoms with E-state index in [4.69, 9.17) is 16.5 Å². The summed E-state index contributed by atoms with van der Waals surface area (Å²) in [5, 5.41) is 0. The number of anilines is 1. The van der Waals surface area contributed by atoms with Crippen LogP contribution in [0.15, 0.2) is 48.5 Å². The standard InChI is InChI=1S/C15H16N4/c16-9-10-19-14-4-2-1-3-13(14)18-15(19)11-5-7-12(17)8-6-11/h1-8H,9-10,16-17H2. The molecule has 0 saturated heterocycles. The second-order valence-electron chi connectivity index (χ2n) is 4.49. The second kappa shape index (κ2) is 4.74. The first-order valence-corrected chi connectivity index (χ1v) is 6.31. The van der Waals surface area contributed by atoms with Crippen LogP contribution in [0.5, 0.6) is 0 Å². The van der Waals surface area contributed by atoms with Crippen LogP contribution in [0.1, 0.15) is 0 Å². The van der Waals surface area contributed by atoms with Crippen LogP contribution in [0.25, 0.3) is 22.4 Å². The first-order valence-electron chi connectivity index (χ1n) is 6.31. The van der Waals surface area contributed by atoms with Crippen LogP contribution >= 0.6 is 0 Å². The Morgan fingerprint density at radius 1 is 1.00 bits per heavy atom. The highest BCUT2D eigenvalue weighted by Crippen LogP contribution is 2.25. The van der Waals surface area contributed by atoms with E-state index in [1.54, 1.807) is 0 Å². The number of nitrogens with zero attached hydrogens (tertiary/aromatic N) is 2. The van der Waals surface area contributed by atoms with Gasteiger partial charge in [-0.15, -0.1) is 0 Å². The number of nitrogens with two attached hydrogens (primary N) is 2. The Morgan fingerprint density at radius 2 is 1.74 bits per heavy atom. The zero-order valence-corrected chi connectivity index (χ0v) is 10.6. The number of rotatable bonds is 3. The highest BCUT2D eigenvalue weighted by molar-refractivity contribution is 5.80. The zero-order valence-electron chi connectivity index (χ0n) is 10.6. The lowest BCUT2D eigenvalue weighted by atomic mass is 10.2. The summed E-state index contributed by atoms with van der Waals surface area (Å²) in [5.74, 6) is 0.937. The number of aromatic nitrogens is 2. The number of imidazole rings is 1. The van der Waals surface area contributed by atoms with Crippen molar-refractivity contribution in [1.82, 2.24) is 9.55 Å². The third kappa shape index (κ3) is 2.06. The van der Waals surface area contributed by atoms with Crippen molar-refractivity contribution in [1.29, 1.82) is 0 Å². The molecule has 0 aliphatic carbocycles. The van der Waals surface area contributed by atoms with E-state index in [2.05, 4.69) is 10.6 Å². The first kappa shape index (κ1) is 11.7. The fourth-order valence-electron chi connectivity index (χ4n) is 2.28. The molecule has 3 rings (SSSR count). The quantitative estimate of drug-likeness (QED) is 0.702. The molecular formula is C15H16N4. The monoisotopic (exact) mass is 252 g/mol. The van der Waals surface area contributed by atoms with Gasteiger partial charge in [-0.3, -0.25) is 0 Å². The number of hydrogen-bond donors (Lipinski definition) is 2. The minimum Gasteiger partial charge on any atom is -0.399 e. The van der Waals surface area contributed by atoms with Gasteiger partial charge in [-0.2, -0.15) is 0 Å². The van der Waals surface area contributed by atoms with Crippen molar-refractivity contribution in [2.45, 2.75) is 6.54 Å². The maximum absolute atomic E-state index is 5.73. The zero-order chi connectivity index (χ0) is 13.2. The first-order chi connectivity index (χ1) is 9.29. The molecule has 2 aromatic carbocycles. The van der Waals surface area contributed by atoms with Crippen molar-refractivity contribution in [3.8, 4) is 11.4 Å². The SMILES string of the molecule is NCCn1c(-c2ccc(N)cc2)nc2ccccc21. The third-order valence-electron chi connectivity index (χ3n) is 3.18. The molecule has 0 spiro atoms. The highest BCUT2D eigenvalue weighted by atomic mass is 15.1. The summed E-state index contributed by atoms with van der Waals surface area (Å²) < 4.78 is 2.15. The van der Waals surface area contributed by atoms with E-state index in [9.17, 15) is 0 Å². The number of benzene rings is 2. The molecule has 1 aromatic heterocycles. The lowest BCUT2D eigenvalue weighted by Crippen LogP contribution is -2.10. The van der Waals surface area contributed by atoms with Gasteiger partial charge < -0.3 is 16.0 Å². The van der Waals surface area contributed by atoms with E-state index in [1.165, 1.54) is 0 Å². The molecule has 0 aliphatic heterocycles. The summed E-state index contributed by atoms with van der Waals surface area (Å²) in [5.41, 5.74) is 15.4. The Balaban J connectivity index is 2.21. The molecule has 1 heterocycles. The van der Waals surface area contributed by atoms with Gasteiger partial charge in [-0.05, 0) is 36.4 Å². The Morgan fingerprint density at radius 3 is 2.47 bits per heavy atom. The molecule has 0 atom stereocenters. The van der Waals surface area contributed by atoms with Gasteiger partial charge in [0.1, 0.15) is 5.82 Å². The van der Waals surface area contributed by atoms with Crippen LogP contribution in [0.4, 0.5) is 5.69 Å². The molecule has 4 nitrogen and oxygen atoms in total. The van der Waals surface area contributed by atoms with E-state index < -0.39 is 0 Å². The van der Waals surface area contributed by atoms with Crippen molar-refractivity contribution < 1.29 is 0 Å². The Kier molecular flexibility index (Phi) is 2.93. The van der Waals surface area contributed by atoms with E-state index in [0.717, 1.165) is 34.7 Å². The van der Waals surface area contributed by atoms with Crippen molar-refractivity contribution in [2.75, 3.05) is 12.3 Å². The van der Waals surface area contributed by atoms with Gasteiger partial charge in [-0.25, -0.2) is 4.98 Å². The molecule has 96 valence electrons. The maximum atomic E-state index is 5.73. The van der Waals surface area contributed by atoms with Crippen LogP contribution in [0.2, 0.25) is 0 Å². The van der Waals surface area contributed by atoms with Crippen LogP contribution in [-0.4, -0.2) is 16.1 Å². The van der Waals surface area contributed by atoms with Crippen molar-refractivity contribution in [3.63, 3.8) is 0 Å². The Labute approximate surface area is 111 Å².